The van der Waals surface area contributed by atoms with Crippen molar-refractivity contribution in [3.63, 3.8) is 0 Å². The van der Waals surface area contributed by atoms with Gasteiger partial charge in [0.2, 0.25) is 5.95 Å². The minimum atomic E-state index is -4.24. The summed E-state index contributed by atoms with van der Waals surface area (Å²) < 4.78 is 37.8. The van der Waals surface area contributed by atoms with Gasteiger partial charge >= 0.3 is 6.18 Å². The van der Waals surface area contributed by atoms with Crippen LogP contribution < -0.4 is 10.2 Å². The number of nitrogens with one attached hydrogen (secondary N) is 1. The van der Waals surface area contributed by atoms with E-state index in [9.17, 15) is 13.2 Å². The molecule has 4 nitrogen and oxygen atoms in total. The van der Waals surface area contributed by atoms with E-state index in [-0.39, 0.29) is 17.5 Å². The first kappa shape index (κ1) is 16.0. The van der Waals surface area contributed by atoms with Crippen molar-refractivity contribution in [3.05, 3.63) is 18.0 Å². The van der Waals surface area contributed by atoms with Crippen molar-refractivity contribution in [2.75, 3.05) is 11.4 Å². The molecule has 0 saturated heterocycles. The quantitative estimate of drug-likeness (QED) is 0.908. The third-order valence-electron chi connectivity index (χ3n) is 3.11. The Kier molecular flexibility index (Phi) is 4.41. The first-order chi connectivity index (χ1) is 9.64. The third kappa shape index (κ3) is 5.49. The molecule has 0 amide bonds. The predicted octanol–water partition coefficient (Wildman–Crippen LogP) is 2.90. The summed E-state index contributed by atoms with van der Waals surface area (Å²) in [6, 6.07) is -0.0785. The molecule has 118 valence electrons. The van der Waals surface area contributed by atoms with Crippen LogP contribution >= 0.6 is 0 Å². The molecule has 1 aromatic rings. The average Bonchev–Trinajstić information content (AvgIpc) is 3.16. The zero-order valence-electron chi connectivity index (χ0n) is 12.5. The monoisotopic (exact) mass is 302 g/mol. The fourth-order valence-corrected chi connectivity index (χ4v) is 1.90. The molecule has 1 aromatic heterocycles. The molecule has 0 radical (unpaired) electrons. The van der Waals surface area contributed by atoms with Crippen molar-refractivity contribution >= 4 is 5.95 Å². The van der Waals surface area contributed by atoms with Crippen LogP contribution in [0.5, 0.6) is 0 Å². The molecular weight excluding hydrogens is 281 g/mol. The zero-order chi connectivity index (χ0) is 15.7. The van der Waals surface area contributed by atoms with E-state index in [0.29, 0.717) is 6.54 Å². The fraction of sp³-hybridized carbons (Fsp3) is 0.714. The van der Waals surface area contributed by atoms with Crippen LogP contribution in [0.4, 0.5) is 19.1 Å². The van der Waals surface area contributed by atoms with Gasteiger partial charge in [-0.25, -0.2) is 9.97 Å². The second kappa shape index (κ2) is 5.79. The smallest absolute Gasteiger partial charge is 0.329 e. The summed E-state index contributed by atoms with van der Waals surface area (Å²) in [6.45, 7) is 5.73. The molecule has 0 unspecified atom stereocenters. The van der Waals surface area contributed by atoms with E-state index in [1.165, 1.54) is 4.90 Å². The highest BCUT2D eigenvalue weighted by atomic mass is 19.4. The SMILES string of the molecule is CC(C)(C)NCc1cnc(N(CC(F)(F)F)C2CC2)nc1. The maximum Gasteiger partial charge on any atom is 0.406 e. The van der Waals surface area contributed by atoms with Gasteiger partial charge in [0.05, 0.1) is 0 Å². The van der Waals surface area contributed by atoms with E-state index < -0.39 is 12.7 Å². The Bertz CT molecular complexity index is 461. The van der Waals surface area contributed by atoms with Gasteiger partial charge in [-0.1, -0.05) is 0 Å². The minimum absolute atomic E-state index is 0.0327. The lowest BCUT2D eigenvalue weighted by Gasteiger charge is -2.24. The van der Waals surface area contributed by atoms with Crippen LogP contribution in [0.2, 0.25) is 0 Å². The molecule has 0 aromatic carbocycles. The Morgan fingerprint density at radius 3 is 2.19 bits per heavy atom. The minimum Gasteiger partial charge on any atom is -0.329 e. The molecule has 0 aliphatic heterocycles. The molecule has 1 aliphatic rings. The molecule has 1 heterocycles. The summed E-state index contributed by atoms with van der Waals surface area (Å²) in [6.07, 6.45) is 0.484. The van der Waals surface area contributed by atoms with E-state index in [2.05, 4.69) is 15.3 Å². The van der Waals surface area contributed by atoms with Crippen molar-refractivity contribution in [1.82, 2.24) is 15.3 Å². The van der Waals surface area contributed by atoms with E-state index in [1.807, 2.05) is 20.8 Å². The second-order valence-corrected chi connectivity index (χ2v) is 6.47. The average molecular weight is 302 g/mol. The summed E-state index contributed by atoms with van der Waals surface area (Å²) in [5, 5.41) is 3.29. The molecule has 1 saturated carbocycles. The highest BCUT2D eigenvalue weighted by Crippen LogP contribution is 2.32. The maximum absolute atomic E-state index is 12.6. The Hall–Kier alpha value is -1.37. The van der Waals surface area contributed by atoms with Crippen LogP contribution in [-0.2, 0) is 6.54 Å². The van der Waals surface area contributed by atoms with Crippen LogP contribution in [0.15, 0.2) is 12.4 Å². The molecule has 1 aliphatic carbocycles. The molecule has 7 heteroatoms. The van der Waals surface area contributed by atoms with Crippen molar-refractivity contribution < 1.29 is 13.2 Å². The molecular formula is C14H21F3N4. The summed E-state index contributed by atoms with van der Waals surface area (Å²) in [7, 11) is 0. The van der Waals surface area contributed by atoms with Gasteiger partial charge < -0.3 is 10.2 Å². The van der Waals surface area contributed by atoms with E-state index in [1.54, 1.807) is 12.4 Å². The number of alkyl halides is 3. The number of halogens is 3. The lowest BCUT2D eigenvalue weighted by atomic mass is 10.1. The molecule has 21 heavy (non-hydrogen) atoms. The highest BCUT2D eigenvalue weighted by molar-refractivity contribution is 5.34. The summed E-state index contributed by atoms with van der Waals surface area (Å²) in [4.78, 5) is 9.45. The molecule has 0 bridgehead atoms. The standard InChI is InChI=1S/C14H21F3N4/c1-13(2,3)20-8-10-6-18-12(19-7-10)21(11-4-5-11)9-14(15,16)17/h6-7,11,20H,4-5,8-9H2,1-3H3. The highest BCUT2D eigenvalue weighted by Gasteiger charge is 2.39. The first-order valence-corrected chi connectivity index (χ1v) is 7.03. The normalized spacial score (nSPS) is 16.1. The van der Waals surface area contributed by atoms with E-state index in [0.717, 1.165) is 18.4 Å². The summed E-state index contributed by atoms with van der Waals surface area (Å²) in [5.41, 5.74) is 0.825. The van der Waals surface area contributed by atoms with Crippen LogP contribution in [0, 0.1) is 0 Å². The van der Waals surface area contributed by atoms with Crippen LogP contribution in [-0.4, -0.2) is 34.3 Å². The van der Waals surface area contributed by atoms with Crippen molar-refractivity contribution in [2.45, 2.75) is 57.9 Å². The van der Waals surface area contributed by atoms with Gasteiger partial charge in [0.1, 0.15) is 6.54 Å². The van der Waals surface area contributed by atoms with Crippen molar-refractivity contribution in [2.24, 2.45) is 0 Å². The topological polar surface area (TPSA) is 41.1 Å². The largest absolute Gasteiger partial charge is 0.406 e. The zero-order valence-corrected chi connectivity index (χ0v) is 12.5. The van der Waals surface area contributed by atoms with Gasteiger partial charge in [0, 0.05) is 36.1 Å². The fourth-order valence-electron chi connectivity index (χ4n) is 1.90. The predicted molar refractivity (Wildman–Crippen MR) is 75.0 cm³/mol. The van der Waals surface area contributed by atoms with Gasteiger partial charge in [-0.3, -0.25) is 0 Å². The molecule has 1 N–H and O–H groups in total. The van der Waals surface area contributed by atoms with Gasteiger partial charge in [0.15, 0.2) is 0 Å². The Balaban J connectivity index is 2.02. The molecule has 2 rings (SSSR count). The number of nitrogens with zero attached hydrogens (tertiary/aromatic N) is 3. The second-order valence-electron chi connectivity index (χ2n) is 6.47. The maximum atomic E-state index is 12.6. The van der Waals surface area contributed by atoms with E-state index in [4.69, 9.17) is 0 Å². The first-order valence-electron chi connectivity index (χ1n) is 7.03. The number of rotatable bonds is 5. The lowest BCUT2D eigenvalue weighted by Crippen LogP contribution is -2.37. The van der Waals surface area contributed by atoms with Crippen molar-refractivity contribution in [1.29, 1.82) is 0 Å². The third-order valence-corrected chi connectivity index (χ3v) is 3.11. The Labute approximate surface area is 122 Å². The molecule has 1 fully saturated rings. The van der Waals surface area contributed by atoms with Gasteiger partial charge in [0.25, 0.3) is 0 Å². The summed E-state index contributed by atoms with van der Waals surface area (Å²) >= 11 is 0. The number of hydrogen-bond acceptors (Lipinski definition) is 4. The Morgan fingerprint density at radius 1 is 1.19 bits per heavy atom. The van der Waals surface area contributed by atoms with Crippen LogP contribution in [0.25, 0.3) is 0 Å². The number of hydrogen-bond donors (Lipinski definition) is 1. The molecule has 0 atom stereocenters. The lowest BCUT2D eigenvalue weighted by molar-refractivity contribution is -0.120. The van der Waals surface area contributed by atoms with Gasteiger partial charge in [-0.2, -0.15) is 13.2 Å². The molecule has 0 spiro atoms. The van der Waals surface area contributed by atoms with Gasteiger partial charge in [-0.05, 0) is 33.6 Å². The number of aromatic nitrogens is 2. The number of anilines is 1. The van der Waals surface area contributed by atoms with Crippen LogP contribution in [0.1, 0.15) is 39.2 Å². The summed E-state index contributed by atoms with van der Waals surface area (Å²) in [5.74, 6) is 0.161. The Morgan fingerprint density at radius 2 is 1.76 bits per heavy atom. The van der Waals surface area contributed by atoms with E-state index >= 15 is 0 Å². The van der Waals surface area contributed by atoms with Crippen LogP contribution in [0.3, 0.4) is 0 Å². The van der Waals surface area contributed by atoms with Crippen molar-refractivity contribution in [3.8, 4) is 0 Å². The van der Waals surface area contributed by atoms with Gasteiger partial charge in [-0.15, -0.1) is 0 Å².